The molecule has 0 spiro atoms. The Morgan fingerprint density at radius 1 is 1.22 bits per heavy atom. The average molecular weight is 317 g/mol. The lowest BCUT2D eigenvalue weighted by molar-refractivity contribution is -0.145. The Balaban J connectivity index is 2.30. The first-order valence-electron chi connectivity index (χ1n) is 7.22. The zero-order valence-electron chi connectivity index (χ0n) is 13.0. The number of nitrogens with one attached hydrogen (secondary N) is 1. The third kappa shape index (κ3) is 3.43. The molecule has 0 fully saturated rings. The first-order chi connectivity index (χ1) is 11.0. The van der Waals surface area contributed by atoms with Gasteiger partial charge in [-0.1, -0.05) is 37.3 Å². The quantitative estimate of drug-likeness (QED) is 0.819. The molecular formula is C17H19NO5. The maximum Gasteiger partial charge on any atom is 0.334 e. The van der Waals surface area contributed by atoms with Crippen molar-refractivity contribution in [3.63, 3.8) is 0 Å². The second-order valence-corrected chi connectivity index (χ2v) is 5.08. The zero-order chi connectivity index (χ0) is 16.9. The number of hydrogen-bond donors (Lipinski definition) is 2. The van der Waals surface area contributed by atoms with Crippen molar-refractivity contribution >= 4 is 11.9 Å². The number of ether oxygens (including phenoxy) is 1. The number of carboxylic acid groups (broad SMARTS) is 1. The second-order valence-electron chi connectivity index (χ2n) is 5.08. The van der Waals surface area contributed by atoms with Gasteiger partial charge < -0.3 is 19.6 Å². The molecule has 2 aromatic rings. The van der Waals surface area contributed by atoms with Gasteiger partial charge in [-0.25, -0.2) is 4.79 Å². The Labute approximate surface area is 134 Å². The first kappa shape index (κ1) is 16.8. The van der Waals surface area contributed by atoms with Crippen LogP contribution in [0.1, 0.15) is 35.2 Å². The molecule has 0 bridgehead atoms. The van der Waals surface area contributed by atoms with Gasteiger partial charge in [-0.15, -0.1) is 0 Å². The van der Waals surface area contributed by atoms with Crippen LogP contribution in [0.5, 0.6) is 0 Å². The summed E-state index contributed by atoms with van der Waals surface area (Å²) < 4.78 is 10.3. The molecule has 0 aliphatic heterocycles. The molecule has 1 aromatic carbocycles. The van der Waals surface area contributed by atoms with E-state index in [2.05, 4.69) is 5.32 Å². The molecule has 1 amide bonds. The van der Waals surface area contributed by atoms with Crippen LogP contribution in [-0.4, -0.2) is 24.1 Å². The number of carbonyl (C=O) groups is 2. The molecule has 2 rings (SSSR count). The largest absolute Gasteiger partial charge is 0.479 e. The monoisotopic (exact) mass is 317 g/mol. The molecule has 122 valence electrons. The smallest absolute Gasteiger partial charge is 0.334 e. The number of amides is 1. The first-order valence-corrected chi connectivity index (χ1v) is 7.22. The van der Waals surface area contributed by atoms with Gasteiger partial charge in [-0.05, 0) is 24.1 Å². The van der Waals surface area contributed by atoms with E-state index in [-0.39, 0.29) is 18.8 Å². The highest BCUT2D eigenvalue weighted by atomic mass is 16.5. The third-order valence-corrected chi connectivity index (χ3v) is 3.66. The van der Waals surface area contributed by atoms with E-state index in [9.17, 15) is 14.7 Å². The second kappa shape index (κ2) is 7.11. The Bertz CT molecular complexity index is 679. The van der Waals surface area contributed by atoms with Gasteiger partial charge >= 0.3 is 5.97 Å². The topological polar surface area (TPSA) is 88.8 Å². The van der Waals surface area contributed by atoms with Gasteiger partial charge in [0.1, 0.15) is 12.4 Å². The van der Waals surface area contributed by atoms with Crippen molar-refractivity contribution in [2.24, 2.45) is 0 Å². The van der Waals surface area contributed by atoms with E-state index in [1.165, 1.54) is 13.2 Å². The van der Waals surface area contributed by atoms with Crippen molar-refractivity contribution in [2.45, 2.75) is 25.5 Å². The van der Waals surface area contributed by atoms with E-state index in [4.69, 9.17) is 9.15 Å². The third-order valence-electron chi connectivity index (χ3n) is 3.66. The summed E-state index contributed by atoms with van der Waals surface area (Å²) in [5, 5.41) is 12.3. The van der Waals surface area contributed by atoms with Crippen LogP contribution in [0.25, 0.3) is 0 Å². The van der Waals surface area contributed by atoms with Crippen molar-refractivity contribution in [1.82, 2.24) is 5.32 Å². The van der Waals surface area contributed by atoms with Crippen LogP contribution in [0.15, 0.2) is 46.9 Å². The van der Waals surface area contributed by atoms with Crippen LogP contribution in [0, 0.1) is 0 Å². The van der Waals surface area contributed by atoms with Crippen molar-refractivity contribution in [1.29, 1.82) is 0 Å². The molecule has 1 heterocycles. The number of methoxy groups -OCH3 is 1. The average Bonchev–Trinajstić information content (AvgIpc) is 3.02. The molecule has 0 saturated heterocycles. The van der Waals surface area contributed by atoms with E-state index >= 15 is 0 Å². The molecule has 0 aliphatic carbocycles. The number of rotatable bonds is 7. The summed E-state index contributed by atoms with van der Waals surface area (Å²) in [4.78, 5) is 24.3. The minimum Gasteiger partial charge on any atom is -0.479 e. The van der Waals surface area contributed by atoms with Gasteiger partial charge in [-0.3, -0.25) is 4.79 Å². The van der Waals surface area contributed by atoms with E-state index in [1.807, 2.05) is 0 Å². The zero-order valence-corrected chi connectivity index (χ0v) is 13.0. The highest BCUT2D eigenvalue weighted by molar-refractivity contribution is 5.96. The van der Waals surface area contributed by atoms with Crippen molar-refractivity contribution in [2.75, 3.05) is 7.11 Å². The minimum atomic E-state index is -1.51. The standard InChI is InChI=1S/C17H19NO5/c1-3-17(16(20)21,12-7-5-4-6-8-12)18-15(19)14-10-9-13(23-14)11-22-2/h4-10H,3,11H2,1-2H3,(H,18,19)(H,20,21). The Morgan fingerprint density at radius 2 is 1.91 bits per heavy atom. The molecule has 1 unspecified atom stereocenters. The molecule has 0 aliphatic rings. The molecule has 6 heteroatoms. The number of carbonyl (C=O) groups excluding carboxylic acids is 1. The number of aliphatic carboxylic acids is 1. The lowest BCUT2D eigenvalue weighted by atomic mass is 9.87. The van der Waals surface area contributed by atoms with Gasteiger partial charge in [0.15, 0.2) is 11.3 Å². The van der Waals surface area contributed by atoms with E-state index < -0.39 is 17.4 Å². The van der Waals surface area contributed by atoms with Crippen molar-refractivity contribution in [3.05, 3.63) is 59.5 Å². The fourth-order valence-corrected chi connectivity index (χ4v) is 2.39. The molecule has 0 radical (unpaired) electrons. The SMILES string of the molecule is CCC(NC(=O)c1ccc(COC)o1)(C(=O)O)c1ccccc1. The normalized spacial score (nSPS) is 13.3. The summed E-state index contributed by atoms with van der Waals surface area (Å²) in [7, 11) is 1.52. The summed E-state index contributed by atoms with van der Waals surface area (Å²) in [5.41, 5.74) is -1.00. The van der Waals surface area contributed by atoms with Crippen LogP contribution in [0.3, 0.4) is 0 Å². The summed E-state index contributed by atoms with van der Waals surface area (Å²) in [6, 6.07) is 11.7. The fourth-order valence-electron chi connectivity index (χ4n) is 2.39. The molecule has 0 saturated carbocycles. The molecule has 23 heavy (non-hydrogen) atoms. The van der Waals surface area contributed by atoms with Crippen molar-refractivity contribution < 1.29 is 23.8 Å². The molecule has 2 N–H and O–H groups in total. The van der Waals surface area contributed by atoms with E-state index in [0.717, 1.165) is 0 Å². The Kier molecular flexibility index (Phi) is 5.18. The maximum absolute atomic E-state index is 12.4. The Hall–Kier alpha value is -2.60. The summed E-state index contributed by atoms with van der Waals surface area (Å²) in [6.45, 7) is 1.95. The summed E-state index contributed by atoms with van der Waals surface area (Å²) in [5.74, 6) is -1.16. The van der Waals surface area contributed by atoms with Gasteiger partial charge in [-0.2, -0.15) is 0 Å². The number of furan rings is 1. The maximum atomic E-state index is 12.4. The van der Waals surface area contributed by atoms with Crippen LogP contribution in [0.4, 0.5) is 0 Å². The van der Waals surface area contributed by atoms with Crippen molar-refractivity contribution in [3.8, 4) is 0 Å². The van der Waals surface area contributed by atoms with Crippen LogP contribution in [0.2, 0.25) is 0 Å². The van der Waals surface area contributed by atoms with Crippen LogP contribution in [-0.2, 0) is 21.7 Å². The summed E-state index contributed by atoms with van der Waals surface area (Å²) >= 11 is 0. The molecule has 1 atom stereocenters. The highest BCUT2D eigenvalue weighted by Crippen LogP contribution is 2.26. The van der Waals surface area contributed by atoms with Gasteiger partial charge in [0.05, 0.1) is 0 Å². The lowest BCUT2D eigenvalue weighted by Gasteiger charge is -2.29. The molecule has 1 aromatic heterocycles. The van der Waals surface area contributed by atoms with E-state index in [1.54, 1.807) is 43.3 Å². The number of hydrogen-bond acceptors (Lipinski definition) is 4. The minimum absolute atomic E-state index is 0.0482. The van der Waals surface area contributed by atoms with Gasteiger partial charge in [0, 0.05) is 7.11 Å². The molecule has 6 nitrogen and oxygen atoms in total. The number of carboxylic acids is 1. The predicted molar refractivity (Wildman–Crippen MR) is 82.9 cm³/mol. The van der Waals surface area contributed by atoms with Gasteiger partial charge in [0.2, 0.25) is 0 Å². The number of benzene rings is 1. The van der Waals surface area contributed by atoms with Crippen LogP contribution < -0.4 is 5.32 Å². The lowest BCUT2D eigenvalue weighted by Crippen LogP contribution is -2.51. The van der Waals surface area contributed by atoms with Gasteiger partial charge in [0.25, 0.3) is 5.91 Å². The van der Waals surface area contributed by atoms with E-state index in [0.29, 0.717) is 11.3 Å². The summed E-state index contributed by atoms with van der Waals surface area (Å²) in [6.07, 6.45) is 0.198. The van der Waals surface area contributed by atoms with Crippen LogP contribution >= 0.6 is 0 Å². The highest BCUT2D eigenvalue weighted by Gasteiger charge is 2.40. The molecular weight excluding hydrogens is 298 g/mol. The Morgan fingerprint density at radius 3 is 2.48 bits per heavy atom. The fraction of sp³-hybridized carbons (Fsp3) is 0.294. The predicted octanol–water partition coefficient (Wildman–Crippen LogP) is 2.55.